The summed E-state index contributed by atoms with van der Waals surface area (Å²) in [7, 11) is 0. The number of β-amino-alcohol motifs (C(OH)–C–C–N with tert-alkyl or cyclic N) is 1. The molecule has 0 saturated carbocycles. The average Bonchev–Trinajstić information content (AvgIpc) is 3.29. The number of carbonyl (C=O) groups excluding carboxylic acids is 2. The second-order valence-corrected chi connectivity index (χ2v) is 10.6. The molecular formula is C30H38N2O4. The van der Waals surface area contributed by atoms with Crippen LogP contribution in [0.2, 0.25) is 0 Å². The van der Waals surface area contributed by atoms with Crippen LogP contribution in [0.15, 0.2) is 36.4 Å². The summed E-state index contributed by atoms with van der Waals surface area (Å²) in [6.45, 7) is 5.38. The van der Waals surface area contributed by atoms with Gasteiger partial charge < -0.3 is 19.6 Å². The van der Waals surface area contributed by atoms with Gasteiger partial charge in [-0.05, 0) is 85.3 Å². The number of benzene rings is 2. The fourth-order valence-corrected chi connectivity index (χ4v) is 5.95. The van der Waals surface area contributed by atoms with E-state index in [1.165, 1.54) is 11.1 Å². The molecule has 5 rings (SSSR count). The van der Waals surface area contributed by atoms with Gasteiger partial charge in [0.2, 0.25) is 0 Å². The van der Waals surface area contributed by atoms with E-state index in [0.29, 0.717) is 25.6 Å². The van der Waals surface area contributed by atoms with Crippen molar-refractivity contribution in [1.29, 1.82) is 0 Å². The van der Waals surface area contributed by atoms with Crippen LogP contribution in [0, 0.1) is 5.92 Å². The number of rotatable bonds is 8. The summed E-state index contributed by atoms with van der Waals surface area (Å²) in [6, 6.07) is 12.7. The van der Waals surface area contributed by atoms with Crippen LogP contribution < -0.4 is 0 Å². The molecule has 36 heavy (non-hydrogen) atoms. The van der Waals surface area contributed by atoms with Crippen LogP contribution in [0.3, 0.4) is 0 Å². The van der Waals surface area contributed by atoms with Gasteiger partial charge in [0.05, 0.1) is 12.7 Å². The van der Waals surface area contributed by atoms with Gasteiger partial charge in [-0.2, -0.15) is 0 Å². The lowest BCUT2D eigenvalue weighted by Crippen LogP contribution is -2.42. The average molecular weight is 491 g/mol. The molecule has 3 heterocycles. The highest BCUT2D eigenvalue weighted by atomic mass is 16.5. The minimum atomic E-state index is -0.00107. The van der Waals surface area contributed by atoms with Crippen molar-refractivity contribution in [1.82, 2.24) is 9.80 Å². The van der Waals surface area contributed by atoms with Gasteiger partial charge in [-0.1, -0.05) is 31.2 Å². The Kier molecular flexibility index (Phi) is 7.73. The predicted octanol–water partition coefficient (Wildman–Crippen LogP) is 3.67. The molecule has 1 N–H and O–H groups in total. The Morgan fingerprint density at radius 3 is 2.44 bits per heavy atom. The summed E-state index contributed by atoms with van der Waals surface area (Å²) < 4.78 is 6.12. The Bertz CT molecular complexity index is 1110. The Morgan fingerprint density at radius 2 is 1.67 bits per heavy atom. The van der Waals surface area contributed by atoms with Gasteiger partial charge in [-0.15, -0.1) is 0 Å². The third kappa shape index (κ3) is 5.35. The van der Waals surface area contributed by atoms with Crippen molar-refractivity contribution in [2.24, 2.45) is 5.92 Å². The molecule has 0 bridgehead atoms. The van der Waals surface area contributed by atoms with Crippen molar-refractivity contribution in [3.63, 3.8) is 0 Å². The van der Waals surface area contributed by atoms with Crippen molar-refractivity contribution in [2.45, 2.75) is 58.0 Å². The number of aryl methyl sites for hydroxylation is 3. The Morgan fingerprint density at radius 1 is 0.944 bits per heavy atom. The van der Waals surface area contributed by atoms with Crippen molar-refractivity contribution in [3.05, 3.63) is 69.8 Å². The maximum Gasteiger partial charge on any atom is 0.254 e. The molecule has 192 valence electrons. The van der Waals surface area contributed by atoms with Gasteiger partial charge >= 0.3 is 0 Å². The van der Waals surface area contributed by atoms with E-state index in [9.17, 15) is 14.7 Å². The molecule has 2 amide bonds. The van der Waals surface area contributed by atoms with Crippen molar-refractivity contribution in [3.8, 4) is 0 Å². The van der Waals surface area contributed by atoms with Gasteiger partial charge in [0.15, 0.2) is 0 Å². The largest absolute Gasteiger partial charge is 0.395 e. The Labute approximate surface area is 214 Å². The first-order valence-corrected chi connectivity index (χ1v) is 13.6. The van der Waals surface area contributed by atoms with Crippen molar-refractivity contribution >= 4 is 11.8 Å². The number of fused-ring (bicyclic) bond motifs is 2. The summed E-state index contributed by atoms with van der Waals surface area (Å²) in [5.74, 6) is 0.652. The van der Waals surface area contributed by atoms with E-state index in [-0.39, 0.29) is 24.5 Å². The van der Waals surface area contributed by atoms with Crippen molar-refractivity contribution in [2.75, 3.05) is 39.4 Å². The normalized spacial score (nSPS) is 21.9. The van der Waals surface area contributed by atoms with E-state index >= 15 is 0 Å². The third-order valence-electron chi connectivity index (χ3n) is 8.12. The molecule has 1 saturated heterocycles. The highest BCUT2D eigenvalue weighted by Crippen LogP contribution is 2.28. The number of aliphatic hydroxyl groups excluding tert-OH is 1. The molecule has 3 aliphatic heterocycles. The first kappa shape index (κ1) is 25.0. The summed E-state index contributed by atoms with van der Waals surface area (Å²) in [5, 5.41) is 9.31. The molecule has 0 radical (unpaired) electrons. The van der Waals surface area contributed by atoms with Gasteiger partial charge in [0.25, 0.3) is 11.8 Å². The molecule has 0 aliphatic carbocycles. The van der Waals surface area contributed by atoms with Crippen LogP contribution in [0.5, 0.6) is 0 Å². The maximum atomic E-state index is 13.1. The first-order chi connectivity index (χ1) is 17.6. The van der Waals surface area contributed by atoms with E-state index in [2.05, 4.69) is 43.3 Å². The van der Waals surface area contributed by atoms with E-state index in [0.717, 1.165) is 80.4 Å². The second kappa shape index (κ2) is 11.1. The fourth-order valence-electron chi connectivity index (χ4n) is 5.95. The minimum absolute atomic E-state index is 0.00107. The number of amides is 2. The lowest BCUT2D eigenvalue weighted by Gasteiger charge is -2.30. The summed E-state index contributed by atoms with van der Waals surface area (Å²) in [6.07, 6.45) is 6.68. The molecule has 2 aromatic rings. The Hall–Kier alpha value is -2.70. The van der Waals surface area contributed by atoms with Gasteiger partial charge in [0.1, 0.15) is 0 Å². The molecule has 2 atom stereocenters. The highest BCUT2D eigenvalue weighted by molar-refractivity contribution is 5.97. The molecule has 3 aliphatic rings. The van der Waals surface area contributed by atoms with Gasteiger partial charge in [-0.25, -0.2) is 0 Å². The topological polar surface area (TPSA) is 70.1 Å². The van der Waals surface area contributed by atoms with E-state index < -0.39 is 0 Å². The molecule has 6 nitrogen and oxygen atoms in total. The monoisotopic (exact) mass is 490 g/mol. The zero-order valence-electron chi connectivity index (χ0n) is 21.4. The van der Waals surface area contributed by atoms with Crippen LogP contribution >= 0.6 is 0 Å². The van der Waals surface area contributed by atoms with Crippen LogP contribution in [0.1, 0.15) is 69.2 Å². The smallest absolute Gasteiger partial charge is 0.254 e. The number of ether oxygens (including phenoxy) is 1. The molecule has 1 fully saturated rings. The molecule has 2 unspecified atom stereocenters. The lowest BCUT2D eigenvalue weighted by atomic mass is 9.93. The van der Waals surface area contributed by atoms with E-state index in [1.54, 1.807) is 4.90 Å². The number of hydrogen-bond donors (Lipinski definition) is 1. The SMILES string of the molecule is CCc1ccc2c(c1)C(=O)N(CC1CC(CCc3ccc4c(c3)C(=O)N(CCO)CCC4)CO1)CC2. The summed E-state index contributed by atoms with van der Waals surface area (Å²) in [5.41, 5.74) is 6.34. The summed E-state index contributed by atoms with van der Waals surface area (Å²) >= 11 is 0. The number of hydrogen-bond acceptors (Lipinski definition) is 4. The number of carbonyl (C=O) groups is 2. The predicted molar refractivity (Wildman–Crippen MR) is 139 cm³/mol. The first-order valence-electron chi connectivity index (χ1n) is 13.6. The molecule has 6 heteroatoms. The van der Waals surface area contributed by atoms with Crippen LogP contribution in [-0.2, 0) is 30.4 Å². The van der Waals surface area contributed by atoms with Crippen LogP contribution in [0.4, 0.5) is 0 Å². The molecular weight excluding hydrogens is 452 g/mol. The lowest BCUT2D eigenvalue weighted by molar-refractivity contribution is 0.0503. The molecule has 0 spiro atoms. The third-order valence-corrected chi connectivity index (χ3v) is 8.12. The van der Waals surface area contributed by atoms with Gasteiger partial charge in [-0.3, -0.25) is 9.59 Å². The van der Waals surface area contributed by atoms with E-state index in [1.807, 2.05) is 4.90 Å². The Balaban J connectivity index is 1.15. The molecule has 0 aromatic heterocycles. The summed E-state index contributed by atoms with van der Waals surface area (Å²) in [4.78, 5) is 29.8. The number of nitrogens with zero attached hydrogens (tertiary/aromatic N) is 2. The second-order valence-electron chi connectivity index (χ2n) is 10.6. The molecule has 2 aromatic carbocycles. The highest BCUT2D eigenvalue weighted by Gasteiger charge is 2.31. The van der Waals surface area contributed by atoms with Crippen LogP contribution in [-0.4, -0.2) is 72.2 Å². The standard InChI is InChI=1S/C30H38N2O4/c1-2-21-7-9-25-11-13-32(30(35)27(25)17-21)19-26-16-23(20-36-26)6-5-22-8-10-24-4-3-12-31(14-15-33)29(34)28(24)18-22/h7-10,17-18,23,26,33H,2-6,11-16,19-20H2,1H3. The zero-order valence-corrected chi connectivity index (χ0v) is 21.4. The minimum Gasteiger partial charge on any atom is -0.395 e. The zero-order chi connectivity index (χ0) is 25.1. The quantitative estimate of drug-likeness (QED) is 0.613. The van der Waals surface area contributed by atoms with Gasteiger partial charge in [0, 0.05) is 43.9 Å². The number of aliphatic hydroxyl groups is 1. The fraction of sp³-hybridized carbons (Fsp3) is 0.533. The maximum absolute atomic E-state index is 13.1. The van der Waals surface area contributed by atoms with E-state index in [4.69, 9.17) is 4.74 Å². The van der Waals surface area contributed by atoms with Crippen LogP contribution in [0.25, 0.3) is 0 Å². The van der Waals surface area contributed by atoms with Crippen molar-refractivity contribution < 1.29 is 19.4 Å².